The standard InChI is InChI=1S/C57H80FNO6S/c1-3-5-6-7-8-9-10-11-12-13-14-15-16-26-38-66-54-41-52(59-64-42-44-27-18-17-19-28-44)49-39-45(29-22-24-35-60)48(31-23-25-36-61)55-50-40-47(62-43-46-30-20-21-32-51(46)58)33-34-53(50)65-57(54,56(49)55)63-37-4-2/h4,17-21,27-28,30,32-34,39-40,45,48,54-56,60-61H,2-3,5-16,22-26,29,31,35-38,41-43H2,1H3. The quantitative estimate of drug-likeness (QED) is 0.0357. The van der Waals surface area contributed by atoms with Crippen molar-refractivity contribution in [3.05, 3.63) is 120 Å². The molecule has 0 spiro atoms. The van der Waals surface area contributed by atoms with Crippen LogP contribution in [0, 0.1) is 23.6 Å². The molecule has 1 heterocycles. The average Bonchev–Trinajstić information content (AvgIpc) is 3.33. The molecule has 0 amide bonds. The zero-order chi connectivity index (χ0) is 46.2. The van der Waals surface area contributed by atoms with Gasteiger partial charge in [0.1, 0.15) is 30.5 Å². The fourth-order valence-electron chi connectivity index (χ4n) is 10.6. The van der Waals surface area contributed by atoms with Crippen molar-refractivity contribution in [3.8, 4) is 11.5 Å². The van der Waals surface area contributed by atoms with Crippen molar-refractivity contribution in [2.24, 2.45) is 22.9 Å². The second-order valence-corrected chi connectivity index (χ2v) is 20.2. The van der Waals surface area contributed by atoms with E-state index in [0.717, 1.165) is 78.9 Å². The first kappa shape index (κ1) is 51.8. The van der Waals surface area contributed by atoms with Crippen LogP contribution in [-0.2, 0) is 22.8 Å². The molecular formula is C57H80FNO6S. The Labute approximate surface area is 401 Å². The molecule has 3 aliphatic rings. The lowest BCUT2D eigenvalue weighted by atomic mass is 9.56. The lowest BCUT2D eigenvalue weighted by Gasteiger charge is -2.58. The molecule has 0 radical (unpaired) electrons. The summed E-state index contributed by atoms with van der Waals surface area (Å²) in [6, 6.07) is 23.0. The number of benzene rings is 3. The van der Waals surface area contributed by atoms with E-state index in [1.54, 1.807) is 12.1 Å². The summed E-state index contributed by atoms with van der Waals surface area (Å²) in [5.41, 5.74) is 4.67. The number of rotatable bonds is 33. The summed E-state index contributed by atoms with van der Waals surface area (Å²) in [6.45, 7) is 7.48. The van der Waals surface area contributed by atoms with Crippen molar-refractivity contribution in [1.29, 1.82) is 0 Å². The van der Waals surface area contributed by atoms with Crippen molar-refractivity contribution < 1.29 is 33.7 Å². The summed E-state index contributed by atoms with van der Waals surface area (Å²) in [5, 5.41) is 24.8. The SMILES string of the molecule is C=CCOC12Oc3ccc(OCc4ccccc4F)cc3C3C(CCCCO)C(CCCCO)C=C(C(=NOCc4ccccc4)CC1SCCCCCCCCCCCCCCCC)C32. The fourth-order valence-corrected chi connectivity index (χ4v) is 12.0. The number of aliphatic hydroxyl groups is 2. The summed E-state index contributed by atoms with van der Waals surface area (Å²) in [5.74, 6) is 1.21. The molecule has 0 aromatic heterocycles. The van der Waals surface area contributed by atoms with Gasteiger partial charge in [-0.25, -0.2) is 4.39 Å². The van der Waals surface area contributed by atoms with Crippen LogP contribution in [0.5, 0.6) is 11.5 Å². The maximum atomic E-state index is 14.8. The minimum absolute atomic E-state index is 0.0443. The van der Waals surface area contributed by atoms with Gasteiger partial charge in [-0.1, -0.05) is 169 Å². The highest BCUT2D eigenvalue weighted by atomic mass is 32.2. The molecule has 0 bridgehead atoms. The van der Waals surface area contributed by atoms with Crippen LogP contribution in [0.1, 0.15) is 164 Å². The molecule has 6 rings (SSSR count). The Morgan fingerprint density at radius 3 is 2.14 bits per heavy atom. The molecule has 1 saturated carbocycles. The molecule has 6 atom stereocenters. The molecule has 6 unspecified atom stereocenters. The van der Waals surface area contributed by atoms with Crippen molar-refractivity contribution in [1.82, 2.24) is 0 Å². The average molecular weight is 926 g/mol. The van der Waals surface area contributed by atoms with Crippen LogP contribution in [0.4, 0.5) is 4.39 Å². The first-order valence-electron chi connectivity index (χ1n) is 25.7. The summed E-state index contributed by atoms with van der Waals surface area (Å²) in [4.78, 5) is 6.26. The van der Waals surface area contributed by atoms with Crippen LogP contribution < -0.4 is 9.47 Å². The fraction of sp³-hybridized carbons (Fsp3) is 0.596. The van der Waals surface area contributed by atoms with Crippen LogP contribution in [0.25, 0.3) is 0 Å². The first-order chi connectivity index (χ1) is 32.5. The summed E-state index contributed by atoms with van der Waals surface area (Å²) >= 11 is 1.95. The normalized spacial score (nSPS) is 22.6. The Kier molecular flexibility index (Phi) is 22.5. The predicted octanol–water partition coefficient (Wildman–Crippen LogP) is 14.5. The summed E-state index contributed by atoms with van der Waals surface area (Å²) < 4.78 is 35.7. The predicted molar refractivity (Wildman–Crippen MR) is 270 cm³/mol. The van der Waals surface area contributed by atoms with Crippen molar-refractivity contribution >= 4 is 17.5 Å². The monoisotopic (exact) mass is 926 g/mol. The van der Waals surface area contributed by atoms with Gasteiger partial charge in [-0.3, -0.25) is 0 Å². The number of allylic oxidation sites excluding steroid dienone is 1. The third-order valence-corrected chi connectivity index (χ3v) is 15.5. The number of nitrogens with zero attached hydrogens (tertiary/aromatic N) is 1. The van der Waals surface area contributed by atoms with Crippen LogP contribution in [0.15, 0.2) is 102 Å². The Bertz CT molecular complexity index is 1920. The van der Waals surface area contributed by atoms with Crippen LogP contribution >= 0.6 is 11.8 Å². The molecule has 9 heteroatoms. The summed E-state index contributed by atoms with van der Waals surface area (Å²) in [7, 11) is 0. The molecule has 2 N–H and O–H groups in total. The molecule has 362 valence electrons. The van der Waals surface area contributed by atoms with Gasteiger partial charge in [-0.15, -0.1) is 6.58 Å². The molecule has 3 aromatic carbocycles. The van der Waals surface area contributed by atoms with Gasteiger partial charge < -0.3 is 29.3 Å². The van der Waals surface area contributed by atoms with E-state index in [4.69, 9.17) is 24.2 Å². The van der Waals surface area contributed by atoms with E-state index in [1.807, 2.05) is 54.2 Å². The second kappa shape index (κ2) is 28.6. The highest BCUT2D eigenvalue weighted by molar-refractivity contribution is 8.00. The maximum absolute atomic E-state index is 14.8. The molecule has 7 nitrogen and oxygen atoms in total. The Morgan fingerprint density at radius 2 is 1.45 bits per heavy atom. The van der Waals surface area contributed by atoms with Gasteiger partial charge in [-0.05, 0) is 85.1 Å². The van der Waals surface area contributed by atoms with Gasteiger partial charge in [0.05, 0.1) is 23.5 Å². The third kappa shape index (κ3) is 14.7. The number of oxime groups is 1. The molecule has 0 saturated heterocycles. The van der Waals surface area contributed by atoms with Crippen molar-refractivity contribution in [2.75, 3.05) is 25.6 Å². The summed E-state index contributed by atoms with van der Waals surface area (Å²) in [6.07, 6.45) is 28.5. The molecular weight excluding hydrogens is 846 g/mol. The number of thioether (sulfide) groups is 1. The van der Waals surface area contributed by atoms with E-state index >= 15 is 0 Å². The lowest BCUT2D eigenvalue weighted by Crippen LogP contribution is -2.64. The number of aliphatic hydroxyl groups excluding tert-OH is 2. The van der Waals surface area contributed by atoms with Crippen molar-refractivity contribution in [2.45, 2.75) is 172 Å². The molecule has 1 aliphatic heterocycles. The van der Waals surface area contributed by atoms with E-state index in [1.165, 1.54) is 89.5 Å². The maximum Gasteiger partial charge on any atom is 0.230 e. The number of hydrogen-bond acceptors (Lipinski definition) is 8. The number of unbranched alkanes of at least 4 members (excludes halogenated alkanes) is 15. The minimum Gasteiger partial charge on any atom is -0.489 e. The number of ether oxygens (including phenoxy) is 3. The Hall–Kier alpha value is -3.63. The topological polar surface area (TPSA) is 89.7 Å². The van der Waals surface area contributed by atoms with Crippen LogP contribution in [0.2, 0.25) is 0 Å². The smallest absolute Gasteiger partial charge is 0.230 e. The zero-order valence-electron chi connectivity index (χ0n) is 40.0. The molecule has 3 aromatic rings. The van der Waals surface area contributed by atoms with E-state index < -0.39 is 5.79 Å². The first-order valence-corrected chi connectivity index (χ1v) is 26.8. The van der Waals surface area contributed by atoms with E-state index in [-0.39, 0.29) is 54.6 Å². The van der Waals surface area contributed by atoms with Gasteiger partial charge >= 0.3 is 0 Å². The van der Waals surface area contributed by atoms with Crippen LogP contribution in [-0.4, -0.2) is 52.5 Å². The highest BCUT2D eigenvalue weighted by Crippen LogP contribution is 2.62. The van der Waals surface area contributed by atoms with Gasteiger partial charge in [-0.2, -0.15) is 11.8 Å². The van der Waals surface area contributed by atoms with Gasteiger partial charge in [0, 0.05) is 36.7 Å². The largest absolute Gasteiger partial charge is 0.489 e. The second-order valence-electron chi connectivity index (χ2n) is 18.9. The Balaban J connectivity index is 1.28. The van der Waals surface area contributed by atoms with Gasteiger partial charge in [0.2, 0.25) is 5.79 Å². The van der Waals surface area contributed by atoms with E-state index in [9.17, 15) is 14.6 Å². The highest BCUT2D eigenvalue weighted by Gasteiger charge is 2.64. The molecule has 2 aliphatic carbocycles. The number of halogens is 1. The van der Waals surface area contributed by atoms with E-state index in [2.05, 4.69) is 37.8 Å². The van der Waals surface area contributed by atoms with Crippen molar-refractivity contribution in [3.63, 3.8) is 0 Å². The van der Waals surface area contributed by atoms with Gasteiger partial charge in [0.25, 0.3) is 0 Å². The third-order valence-electron chi connectivity index (χ3n) is 14.0. The number of hydrogen-bond donors (Lipinski definition) is 2. The van der Waals surface area contributed by atoms with Crippen LogP contribution in [0.3, 0.4) is 0 Å². The van der Waals surface area contributed by atoms with Gasteiger partial charge in [0.15, 0.2) is 0 Å². The molecule has 1 fully saturated rings. The number of fused-ring (bicyclic) bond motifs is 2. The minimum atomic E-state index is -1.02. The lowest BCUT2D eigenvalue weighted by molar-refractivity contribution is -0.223. The Morgan fingerprint density at radius 1 is 0.788 bits per heavy atom. The van der Waals surface area contributed by atoms with E-state index in [0.29, 0.717) is 30.9 Å². The molecule has 66 heavy (non-hydrogen) atoms. The zero-order valence-corrected chi connectivity index (χ0v) is 40.8.